The van der Waals surface area contributed by atoms with Crippen LogP contribution in [0.1, 0.15) is 5.56 Å². The van der Waals surface area contributed by atoms with Crippen molar-refractivity contribution >= 4 is 11.3 Å². The van der Waals surface area contributed by atoms with Crippen LogP contribution in [0, 0.1) is 0 Å². The van der Waals surface area contributed by atoms with E-state index in [1.807, 2.05) is 13.1 Å². The van der Waals surface area contributed by atoms with Crippen molar-refractivity contribution in [2.75, 3.05) is 14.2 Å². The van der Waals surface area contributed by atoms with E-state index in [1.54, 1.807) is 18.4 Å². The normalized spacial score (nSPS) is 10.4. The Bertz CT molecular complexity index is 451. The highest BCUT2D eigenvalue weighted by molar-refractivity contribution is 7.13. The van der Waals surface area contributed by atoms with Crippen LogP contribution >= 0.6 is 11.3 Å². The molecule has 2 nitrogen and oxygen atoms in total. The molecule has 0 aliphatic carbocycles. The summed E-state index contributed by atoms with van der Waals surface area (Å²) in [5.74, 6) is 0.939. The Balaban J connectivity index is 2.39. The molecule has 3 heteroatoms. The van der Waals surface area contributed by atoms with Crippen molar-refractivity contribution in [1.29, 1.82) is 0 Å². The van der Waals surface area contributed by atoms with Crippen LogP contribution in [0.2, 0.25) is 0 Å². The highest BCUT2D eigenvalue weighted by Gasteiger charge is 2.05. The molecular weight excluding hydrogens is 218 g/mol. The predicted octanol–water partition coefficient (Wildman–Crippen LogP) is 3.14. The summed E-state index contributed by atoms with van der Waals surface area (Å²) in [6, 6.07) is 10.5. The fraction of sp³-hybridized carbons (Fsp3) is 0.231. The van der Waals surface area contributed by atoms with Crippen LogP contribution in [0.3, 0.4) is 0 Å². The second-order valence-electron chi connectivity index (χ2n) is 3.53. The van der Waals surface area contributed by atoms with Gasteiger partial charge in [-0.2, -0.15) is 0 Å². The van der Waals surface area contributed by atoms with Crippen molar-refractivity contribution in [2.45, 2.75) is 6.54 Å². The summed E-state index contributed by atoms with van der Waals surface area (Å²) in [5.41, 5.74) is 2.44. The first-order valence-electron chi connectivity index (χ1n) is 5.20. The van der Waals surface area contributed by atoms with Crippen molar-refractivity contribution in [3.05, 3.63) is 41.3 Å². The molecular formula is C13H15NOS. The average molecular weight is 233 g/mol. The molecule has 2 rings (SSSR count). The molecule has 0 atom stereocenters. The van der Waals surface area contributed by atoms with Crippen LogP contribution in [0.4, 0.5) is 0 Å². The lowest BCUT2D eigenvalue weighted by atomic mass is 10.1. The third-order valence-electron chi connectivity index (χ3n) is 2.45. The zero-order chi connectivity index (χ0) is 11.4. The third kappa shape index (κ3) is 2.26. The minimum atomic E-state index is 0.822. The molecule has 1 aromatic carbocycles. The molecule has 0 amide bonds. The topological polar surface area (TPSA) is 21.3 Å². The molecule has 1 heterocycles. The number of rotatable bonds is 4. The molecule has 0 saturated heterocycles. The second kappa shape index (κ2) is 5.14. The summed E-state index contributed by atoms with van der Waals surface area (Å²) in [6.45, 7) is 0.822. The lowest BCUT2D eigenvalue weighted by Gasteiger charge is -2.09. The lowest BCUT2D eigenvalue weighted by molar-refractivity contribution is 0.408. The van der Waals surface area contributed by atoms with Gasteiger partial charge in [-0.05, 0) is 42.3 Å². The van der Waals surface area contributed by atoms with Gasteiger partial charge in [0.15, 0.2) is 0 Å². The van der Waals surface area contributed by atoms with E-state index in [1.165, 1.54) is 16.0 Å². The highest BCUT2D eigenvalue weighted by Crippen LogP contribution is 2.29. The van der Waals surface area contributed by atoms with E-state index in [0.29, 0.717) is 0 Å². The van der Waals surface area contributed by atoms with Crippen molar-refractivity contribution in [2.24, 2.45) is 0 Å². The van der Waals surface area contributed by atoms with Gasteiger partial charge in [0, 0.05) is 17.0 Å². The summed E-state index contributed by atoms with van der Waals surface area (Å²) in [4.78, 5) is 1.29. The maximum absolute atomic E-state index is 5.33. The standard InChI is InChI=1S/C13H15NOS/c1-14-9-11-8-10(5-6-12(11)15-2)13-4-3-7-16-13/h3-8,14H,9H2,1-2H3. The van der Waals surface area contributed by atoms with E-state index >= 15 is 0 Å². The Morgan fingerprint density at radius 3 is 2.81 bits per heavy atom. The van der Waals surface area contributed by atoms with Crippen molar-refractivity contribution < 1.29 is 4.74 Å². The van der Waals surface area contributed by atoms with E-state index in [0.717, 1.165) is 12.3 Å². The Morgan fingerprint density at radius 2 is 2.19 bits per heavy atom. The zero-order valence-corrected chi connectivity index (χ0v) is 10.3. The molecule has 0 aliphatic heterocycles. The fourth-order valence-electron chi connectivity index (χ4n) is 1.70. The Labute approximate surface area is 99.9 Å². The molecule has 0 aliphatic rings. The Hall–Kier alpha value is -1.32. The number of methoxy groups -OCH3 is 1. The van der Waals surface area contributed by atoms with E-state index in [4.69, 9.17) is 4.74 Å². The van der Waals surface area contributed by atoms with Gasteiger partial charge in [-0.25, -0.2) is 0 Å². The van der Waals surface area contributed by atoms with Gasteiger partial charge in [0.25, 0.3) is 0 Å². The molecule has 0 saturated carbocycles. The van der Waals surface area contributed by atoms with Crippen LogP contribution in [0.25, 0.3) is 10.4 Å². The quantitative estimate of drug-likeness (QED) is 0.876. The van der Waals surface area contributed by atoms with Crippen LogP contribution < -0.4 is 10.1 Å². The molecule has 84 valence electrons. The molecule has 2 aromatic rings. The van der Waals surface area contributed by atoms with Gasteiger partial charge in [-0.3, -0.25) is 0 Å². The Kier molecular flexibility index (Phi) is 3.59. The SMILES string of the molecule is CNCc1cc(-c2cccs2)ccc1OC. The third-order valence-corrected chi connectivity index (χ3v) is 3.37. The maximum Gasteiger partial charge on any atom is 0.123 e. The van der Waals surface area contributed by atoms with Crippen LogP contribution in [0.5, 0.6) is 5.75 Å². The number of hydrogen-bond acceptors (Lipinski definition) is 3. The van der Waals surface area contributed by atoms with Crippen molar-refractivity contribution in [1.82, 2.24) is 5.32 Å². The van der Waals surface area contributed by atoms with Gasteiger partial charge < -0.3 is 10.1 Å². The summed E-state index contributed by atoms with van der Waals surface area (Å²) in [6.07, 6.45) is 0. The minimum Gasteiger partial charge on any atom is -0.496 e. The molecule has 1 N–H and O–H groups in total. The average Bonchev–Trinajstić information content (AvgIpc) is 2.83. The van der Waals surface area contributed by atoms with Crippen molar-refractivity contribution in [3.8, 4) is 16.2 Å². The summed E-state index contributed by atoms with van der Waals surface area (Å²) in [7, 11) is 3.65. The van der Waals surface area contributed by atoms with Crippen molar-refractivity contribution in [3.63, 3.8) is 0 Å². The molecule has 0 bridgehead atoms. The first-order valence-corrected chi connectivity index (χ1v) is 6.08. The van der Waals surface area contributed by atoms with Gasteiger partial charge in [-0.1, -0.05) is 6.07 Å². The smallest absolute Gasteiger partial charge is 0.123 e. The number of ether oxygens (including phenoxy) is 1. The van der Waals surface area contributed by atoms with Crippen LogP contribution in [-0.2, 0) is 6.54 Å². The van der Waals surface area contributed by atoms with Gasteiger partial charge in [-0.15, -0.1) is 11.3 Å². The second-order valence-corrected chi connectivity index (χ2v) is 4.48. The minimum absolute atomic E-state index is 0.822. The maximum atomic E-state index is 5.33. The fourth-order valence-corrected chi connectivity index (χ4v) is 2.43. The van der Waals surface area contributed by atoms with Gasteiger partial charge in [0.2, 0.25) is 0 Å². The van der Waals surface area contributed by atoms with Gasteiger partial charge >= 0.3 is 0 Å². The van der Waals surface area contributed by atoms with Gasteiger partial charge in [0.1, 0.15) is 5.75 Å². The number of thiophene rings is 1. The molecule has 1 aromatic heterocycles. The lowest BCUT2D eigenvalue weighted by Crippen LogP contribution is -2.06. The summed E-state index contributed by atoms with van der Waals surface area (Å²) in [5, 5.41) is 5.25. The number of hydrogen-bond donors (Lipinski definition) is 1. The number of nitrogens with one attached hydrogen (secondary N) is 1. The monoisotopic (exact) mass is 233 g/mol. The first kappa shape index (κ1) is 11.2. The Morgan fingerprint density at radius 1 is 1.31 bits per heavy atom. The first-order chi connectivity index (χ1) is 7.85. The van der Waals surface area contributed by atoms with Crippen LogP contribution in [0.15, 0.2) is 35.7 Å². The van der Waals surface area contributed by atoms with E-state index in [-0.39, 0.29) is 0 Å². The van der Waals surface area contributed by atoms with E-state index in [2.05, 4.69) is 35.0 Å². The van der Waals surface area contributed by atoms with Crippen LogP contribution in [-0.4, -0.2) is 14.2 Å². The highest BCUT2D eigenvalue weighted by atomic mass is 32.1. The molecule has 0 fully saturated rings. The largest absolute Gasteiger partial charge is 0.496 e. The van der Waals surface area contributed by atoms with Gasteiger partial charge in [0.05, 0.1) is 7.11 Å². The summed E-state index contributed by atoms with van der Waals surface area (Å²) >= 11 is 1.76. The summed E-state index contributed by atoms with van der Waals surface area (Å²) < 4.78 is 5.33. The molecule has 0 radical (unpaired) electrons. The molecule has 0 spiro atoms. The molecule has 0 unspecified atom stereocenters. The molecule has 16 heavy (non-hydrogen) atoms. The predicted molar refractivity (Wildman–Crippen MR) is 69.1 cm³/mol. The zero-order valence-electron chi connectivity index (χ0n) is 9.49. The van der Waals surface area contributed by atoms with E-state index in [9.17, 15) is 0 Å². The number of benzene rings is 1. The van der Waals surface area contributed by atoms with E-state index < -0.39 is 0 Å².